The van der Waals surface area contributed by atoms with E-state index in [0.29, 0.717) is 0 Å². The van der Waals surface area contributed by atoms with Crippen molar-refractivity contribution in [1.82, 2.24) is 10.8 Å². The zero-order valence-electron chi connectivity index (χ0n) is 17.2. The van der Waals surface area contributed by atoms with Gasteiger partial charge >= 0.3 is 12.0 Å². The fourth-order valence-electron chi connectivity index (χ4n) is 2.99. The number of carbonyl (C=O) groups excluding carboxylic acids is 4. The highest BCUT2D eigenvalue weighted by atomic mass is 16.7. The molecule has 9 nitrogen and oxygen atoms in total. The topological polar surface area (TPSA) is 120 Å². The van der Waals surface area contributed by atoms with Crippen LogP contribution < -0.4 is 10.8 Å². The van der Waals surface area contributed by atoms with Crippen LogP contribution in [-0.2, 0) is 35.3 Å². The minimum absolute atomic E-state index is 0.0737. The van der Waals surface area contributed by atoms with Crippen molar-refractivity contribution in [2.24, 2.45) is 11.8 Å². The molecule has 0 spiro atoms. The minimum atomic E-state index is -0.897. The number of ether oxygens (including phenoxy) is 2. The van der Waals surface area contributed by atoms with Crippen LogP contribution in [0.15, 0.2) is 30.3 Å². The van der Waals surface area contributed by atoms with E-state index in [1.165, 1.54) is 0 Å². The summed E-state index contributed by atoms with van der Waals surface area (Å²) >= 11 is 0. The van der Waals surface area contributed by atoms with E-state index >= 15 is 0 Å². The van der Waals surface area contributed by atoms with Gasteiger partial charge in [0.05, 0.1) is 19.3 Å². The lowest BCUT2D eigenvalue weighted by molar-refractivity contribution is -0.151. The molecule has 0 bridgehead atoms. The summed E-state index contributed by atoms with van der Waals surface area (Å²) in [6, 6.07) is 8.31. The molecule has 2 unspecified atom stereocenters. The molecule has 9 heteroatoms. The van der Waals surface area contributed by atoms with Crippen molar-refractivity contribution in [1.29, 1.82) is 0 Å². The SMILES string of the molecule is CC(C)C(NC(=O)OCc1ccccc1)C(=O)CC1CCOCCONC(=O)C1=O. The van der Waals surface area contributed by atoms with Crippen molar-refractivity contribution in [3.63, 3.8) is 0 Å². The fourth-order valence-corrected chi connectivity index (χ4v) is 2.99. The van der Waals surface area contributed by atoms with Crippen LogP contribution in [-0.4, -0.2) is 49.4 Å². The number of alkyl carbamates (subject to hydrolysis) is 1. The molecule has 30 heavy (non-hydrogen) atoms. The number of amides is 2. The summed E-state index contributed by atoms with van der Waals surface area (Å²) in [5, 5.41) is 2.57. The normalized spacial score (nSPS) is 19.0. The van der Waals surface area contributed by atoms with Gasteiger partial charge in [-0.15, -0.1) is 0 Å². The van der Waals surface area contributed by atoms with Crippen LogP contribution in [0.2, 0.25) is 0 Å². The summed E-state index contributed by atoms with van der Waals surface area (Å²) in [6.45, 7) is 4.24. The molecule has 164 valence electrons. The van der Waals surface area contributed by atoms with E-state index in [0.717, 1.165) is 5.56 Å². The molecule has 2 atom stereocenters. The molecular weight excluding hydrogens is 392 g/mol. The molecule has 2 N–H and O–H groups in total. The molecule has 1 aromatic carbocycles. The van der Waals surface area contributed by atoms with Crippen molar-refractivity contribution < 1.29 is 33.5 Å². The third-order valence-corrected chi connectivity index (χ3v) is 4.65. The molecule has 0 aromatic heterocycles. The fraction of sp³-hybridized carbons (Fsp3) is 0.524. The van der Waals surface area contributed by atoms with Crippen LogP contribution in [0.3, 0.4) is 0 Å². The first-order valence-corrected chi connectivity index (χ1v) is 9.92. The molecule has 1 aliphatic heterocycles. The summed E-state index contributed by atoms with van der Waals surface area (Å²) in [4.78, 5) is 54.1. The van der Waals surface area contributed by atoms with Gasteiger partial charge in [0.25, 0.3) is 0 Å². The average Bonchev–Trinajstić information content (AvgIpc) is 2.73. The van der Waals surface area contributed by atoms with Crippen LogP contribution in [0.5, 0.6) is 0 Å². The molecule has 0 saturated carbocycles. The Balaban J connectivity index is 1.96. The summed E-state index contributed by atoms with van der Waals surface area (Å²) in [5.74, 6) is -3.09. The molecule has 0 radical (unpaired) electrons. The predicted octanol–water partition coefficient (Wildman–Crippen LogP) is 1.55. The van der Waals surface area contributed by atoms with Crippen LogP contribution >= 0.6 is 0 Å². The van der Waals surface area contributed by atoms with E-state index in [1.807, 2.05) is 30.3 Å². The first-order valence-electron chi connectivity index (χ1n) is 9.92. The van der Waals surface area contributed by atoms with Gasteiger partial charge in [0, 0.05) is 18.9 Å². The number of hydroxylamine groups is 1. The third-order valence-electron chi connectivity index (χ3n) is 4.65. The largest absolute Gasteiger partial charge is 0.445 e. The maximum atomic E-state index is 12.8. The van der Waals surface area contributed by atoms with Crippen LogP contribution in [0.1, 0.15) is 32.3 Å². The Morgan fingerprint density at radius 3 is 2.60 bits per heavy atom. The van der Waals surface area contributed by atoms with E-state index < -0.39 is 29.7 Å². The Morgan fingerprint density at radius 2 is 1.90 bits per heavy atom. The first kappa shape index (κ1) is 23.5. The van der Waals surface area contributed by atoms with Gasteiger partial charge in [-0.25, -0.2) is 10.3 Å². The second kappa shape index (κ2) is 12.0. The average molecular weight is 420 g/mol. The first-order chi connectivity index (χ1) is 14.4. The van der Waals surface area contributed by atoms with Crippen LogP contribution in [0.4, 0.5) is 4.79 Å². The quantitative estimate of drug-likeness (QED) is 0.642. The Hall–Kier alpha value is -2.78. The zero-order valence-corrected chi connectivity index (χ0v) is 17.2. The Morgan fingerprint density at radius 1 is 1.17 bits per heavy atom. The number of carbonyl (C=O) groups is 4. The molecule has 0 aliphatic carbocycles. The molecular formula is C21H28N2O7. The lowest BCUT2D eigenvalue weighted by atomic mass is 9.88. The molecule has 1 fully saturated rings. The molecule has 1 heterocycles. The standard InChI is InChI=1S/C21H28N2O7/c1-14(2)18(22-21(27)29-13-15-6-4-3-5-7-15)17(24)12-16-8-9-28-10-11-30-23-20(26)19(16)25/h3-7,14,16,18H,8-13H2,1-2H3,(H,22,27)(H,23,26). The highest BCUT2D eigenvalue weighted by Crippen LogP contribution is 2.16. The van der Waals surface area contributed by atoms with Crippen molar-refractivity contribution in [3.8, 4) is 0 Å². The number of ketones is 2. The smallest absolute Gasteiger partial charge is 0.408 e. The maximum absolute atomic E-state index is 12.8. The highest BCUT2D eigenvalue weighted by Gasteiger charge is 2.32. The van der Waals surface area contributed by atoms with Crippen LogP contribution in [0, 0.1) is 11.8 Å². The van der Waals surface area contributed by atoms with Gasteiger partial charge in [0.2, 0.25) is 5.78 Å². The number of hydrogen-bond donors (Lipinski definition) is 2. The highest BCUT2D eigenvalue weighted by molar-refractivity contribution is 6.37. The second-order valence-electron chi connectivity index (χ2n) is 7.34. The molecule has 1 saturated heterocycles. The predicted molar refractivity (Wildman–Crippen MR) is 106 cm³/mol. The maximum Gasteiger partial charge on any atom is 0.408 e. The Labute approximate surface area is 175 Å². The molecule has 1 aliphatic rings. The number of Topliss-reactive ketones (excluding diaryl/α,β-unsaturated/α-hetero) is 2. The summed E-state index contributed by atoms with van der Waals surface area (Å²) in [5.41, 5.74) is 2.87. The number of benzene rings is 1. The summed E-state index contributed by atoms with van der Waals surface area (Å²) in [6.07, 6.45) is -0.698. The lowest BCUT2D eigenvalue weighted by Gasteiger charge is -2.23. The van der Waals surface area contributed by atoms with Gasteiger partial charge < -0.3 is 14.8 Å². The van der Waals surface area contributed by atoms with Gasteiger partial charge in [-0.05, 0) is 17.9 Å². The number of hydrogen-bond acceptors (Lipinski definition) is 7. The van der Waals surface area contributed by atoms with Crippen LogP contribution in [0.25, 0.3) is 0 Å². The minimum Gasteiger partial charge on any atom is -0.445 e. The van der Waals surface area contributed by atoms with E-state index in [-0.39, 0.29) is 51.0 Å². The summed E-state index contributed by atoms with van der Waals surface area (Å²) < 4.78 is 10.5. The number of nitrogens with one attached hydrogen (secondary N) is 2. The van der Waals surface area contributed by atoms with E-state index in [4.69, 9.17) is 14.3 Å². The Bertz CT molecular complexity index is 736. The molecule has 1 aromatic rings. The van der Waals surface area contributed by atoms with E-state index in [1.54, 1.807) is 13.8 Å². The lowest BCUT2D eigenvalue weighted by Crippen LogP contribution is -2.46. The van der Waals surface area contributed by atoms with E-state index in [9.17, 15) is 19.2 Å². The van der Waals surface area contributed by atoms with Crippen molar-refractivity contribution in [3.05, 3.63) is 35.9 Å². The van der Waals surface area contributed by atoms with Crippen molar-refractivity contribution >= 4 is 23.6 Å². The van der Waals surface area contributed by atoms with Gasteiger partial charge in [0.15, 0.2) is 5.78 Å². The second-order valence-corrected chi connectivity index (χ2v) is 7.34. The summed E-state index contributed by atoms with van der Waals surface area (Å²) in [7, 11) is 0. The zero-order chi connectivity index (χ0) is 21.9. The Kier molecular flexibility index (Phi) is 9.43. The van der Waals surface area contributed by atoms with Gasteiger partial charge in [-0.1, -0.05) is 44.2 Å². The van der Waals surface area contributed by atoms with Crippen molar-refractivity contribution in [2.45, 2.75) is 39.3 Å². The molecule has 2 rings (SSSR count). The third kappa shape index (κ3) is 7.57. The van der Waals surface area contributed by atoms with Gasteiger partial charge in [-0.3, -0.25) is 19.2 Å². The van der Waals surface area contributed by atoms with Crippen molar-refractivity contribution in [2.75, 3.05) is 19.8 Å². The number of rotatable bonds is 7. The van der Waals surface area contributed by atoms with Gasteiger partial charge in [0.1, 0.15) is 6.61 Å². The van der Waals surface area contributed by atoms with E-state index in [2.05, 4.69) is 10.8 Å². The molecule has 2 amide bonds. The van der Waals surface area contributed by atoms with Gasteiger partial charge in [-0.2, -0.15) is 0 Å². The monoisotopic (exact) mass is 420 g/mol.